The van der Waals surface area contributed by atoms with E-state index in [1.165, 1.54) is 45.7 Å². The molecule has 1 N–H and O–H groups in total. The van der Waals surface area contributed by atoms with Gasteiger partial charge in [0.15, 0.2) is 0 Å². The van der Waals surface area contributed by atoms with Crippen molar-refractivity contribution in [2.75, 3.05) is 32.6 Å². The number of nitrogens with one attached hydrogen (secondary N) is 1. The van der Waals surface area contributed by atoms with Crippen LogP contribution in [-0.4, -0.2) is 28.3 Å². The number of anilines is 1. The zero-order chi connectivity index (χ0) is 22.2. The first-order valence-electron chi connectivity index (χ1n) is 10.6. The van der Waals surface area contributed by atoms with Crippen LogP contribution in [0, 0.1) is 0 Å². The number of methoxy groups -OCH3 is 1. The summed E-state index contributed by atoms with van der Waals surface area (Å²) < 4.78 is 7.91. The van der Waals surface area contributed by atoms with E-state index >= 15 is 0 Å². The van der Waals surface area contributed by atoms with E-state index in [2.05, 4.69) is 65.2 Å². The van der Waals surface area contributed by atoms with Crippen molar-refractivity contribution in [3.05, 3.63) is 76.8 Å². The Kier molecular flexibility index (Phi) is 8.70. The summed E-state index contributed by atoms with van der Waals surface area (Å²) in [7, 11) is 7.67. The second-order valence-corrected chi connectivity index (χ2v) is 9.15. The average Bonchev–Trinajstić information content (AvgIpc) is 2.80. The lowest BCUT2D eigenvalue weighted by molar-refractivity contribution is 0.406. The van der Waals surface area contributed by atoms with Gasteiger partial charge in [0.05, 0.1) is 12.8 Å². The zero-order valence-corrected chi connectivity index (χ0v) is 20.3. The highest BCUT2D eigenvalue weighted by Crippen LogP contribution is 2.41. The maximum atomic E-state index is 6.07. The standard InChI is InChI=1S/C24H24ClNOS.C2H7N/c1-26(22-15-16-23(27-2)21-9-4-3-8-20(21)22)28-24-10-6-5-7-19(24)17-11-13-18(25)14-12-17;1-3-2/h5-7,10-16H,3-4,8-9H2,1-2H3;3H,1-2H3. The normalized spacial score (nSPS) is 12.4. The fourth-order valence-electron chi connectivity index (χ4n) is 3.91. The Bertz CT molecular complexity index is 991. The number of hydrogen-bond donors (Lipinski definition) is 1. The zero-order valence-electron chi connectivity index (χ0n) is 18.7. The van der Waals surface area contributed by atoms with E-state index < -0.39 is 0 Å². The van der Waals surface area contributed by atoms with Crippen LogP contribution < -0.4 is 14.4 Å². The van der Waals surface area contributed by atoms with Gasteiger partial charge in [0, 0.05) is 17.0 Å². The van der Waals surface area contributed by atoms with Crippen molar-refractivity contribution < 1.29 is 4.74 Å². The summed E-state index contributed by atoms with van der Waals surface area (Å²) in [5.74, 6) is 1.03. The van der Waals surface area contributed by atoms with Crippen LogP contribution in [0.25, 0.3) is 11.1 Å². The minimum atomic E-state index is 0.760. The van der Waals surface area contributed by atoms with Gasteiger partial charge in [0.1, 0.15) is 5.75 Å². The molecule has 0 spiro atoms. The van der Waals surface area contributed by atoms with E-state index in [0.29, 0.717) is 0 Å². The summed E-state index contributed by atoms with van der Waals surface area (Å²) in [6.45, 7) is 0. The molecule has 1 aliphatic rings. The topological polar surface area (TPSA) is 24.5 Å². The summed E-state index contributed by atoms with van der Waals surface area (Å²) in [6, 6.07) is 20.9. The highest BCUT2D eigenvalue weighted by atomic mass is 35.5. The van der Waals surface area contributed by atoms with E-state index in [4.69, 9.17) is 16.3 Å². The Morgan fingerprint density at radius 2 is 1.55 bits per heavy atom. The van der Waals surface area contributed by atoms with Crippen LogP contribution >= 0.6 is 23.5 Å². The molecule has 0 aromatic heterocycles. The molecule has 1 aliphatic carbocycles. The molecule has 0 atom stereocenters. The minimum absolute atomic E-state index is 0.760. The predicted molar refractivity (Wildman–Crippen MR) is 136 cm³/mol. The fraction of sp³-hybridized carbons (Fsp3) is 0.308. The molecule has 0 heterocycles. The molecule has 3 aromatic carbocycles. The molecule has 31 heavy (non-hydrogen) atoms. The van der Waals surface area contributed by atoms with Crippen LogP contribution in [-0.2, 0) is 12.8 Å². The first-order valence-corrected chi connectivity index (χ1v) is 11.8. The monoisotopic (exact) mass is 454 g/mol. The molecular formula is C26H31ClN2OS. The van der Waals surface area contributed by atoms with Gasteiger partial charge in [-0.3, -0.25) is 0 Å². The molecule has 0 saturated carbocycles. The molecule has 3 nitrogen and oxygen atoms in total. The lowest BCUT2D eigenvalue weighted by atomic mass is 9.89. The number of nitrogens with zero attached hydrogens (tertiary/aromatic N) is 1. The summed E-state index contributed by atoms with van der Waals surface area (Å²) in [5.41, 5.74) is 6.50. The van der Waals surface area contributed by atoms with Gasteiger partial charge in [-0.15, -0.1) is 0 Å². The molecule has 3 aromatic rings. The maximum absolute atomic E-state index is 6.07. The molecule has 0 saturated heterocycles. The number of fused-ring (bicyclic) bond motifs is 1. The first kappa shape index (κ1) is 23.5. The molecule has 4 rings (SSSR count). The van der Waals surface area contributed by atoms with Crippen LogP contribution in [0.3, 0.4) is 0 Å². The molecular weight excluding hydrogens is 424 g/mol. The number of ether oxygens (including phenoxy) is 1. The Morgan fingerprint density at radius 1 is 0.903 bits per heavy atom. The number of benzene rings is 3. The lowest BCUT2D eigenvalue weighted by Crippen LogP contribution is -2.14. The number of hydrogen-bond acceptors (Lipinski definition) is 4. The number of halogens is 1. The Balaban J connectivity index is 0.000000858. The van der Waals surface area contributed by atoms with Gasteiger partial charge < -0.3 is 14.4 Å². The molecule has 5 heteroatoms. The van der Waals surface area contributed by atoms with E-state index in [0.717, 1.165) is 23.6 Å². The maximum Gasteiger partial charge on any atom is 0.122 e. The van der Waals surface area contributed by atoms with Crippen LogP contribution in [0.15, 0.2) is 65.6 Å². The van der Waals surface area contributed by atoms with E-state index in [1.54, 1.807) is 19.1 Å². The van der Waals surface area contributed by atoms with Gasteiger partial charge >= 0.3 is 0 Å². The van der Waals surface area contributed by atoms with Gasteiger partial charge in [-0.05, 0) is 104 Å². The third-order valence-corrected chi connectivity index (χ3v) is 6.58. The SMILES string of the molecule is CNC.COc1ccc(N(C)Sc2ccccc2-c2ccc(Cl)cc2)c2c1CCCC2. The number of rotatable bonds is 5. The van der Waals surface area contributed by atoms with Crippen molar-refractivity contribution in [1.29, 1.82) is 0 Å². The average molecular weight is 455 g/mol. The van der Waals surface area contributed by atoms with Crippen molar-refractivity contribution in [2.45, 2.75) is 30.6 Å². The van der Waals surface area contributed by atoms with Crippen molar-refractivity contribution in [3.8, 4) is 16.9 Å². The van der Waals surface area contributed by atoms with Crippen LogP contribution in [0.4, 0.5) is 5.69 Å². The molecule has 164 valence electrons. The van der Waals surface area contributed by atoms with Crippen LogP contribution in [0.1, 0.15) is 24.0 Å². The van der Waals surface area contributed by atoms with Crippen molar-refractivity contribution >= 4 is 29.2 Å². The largest absolute Gasteiger partial charge is 0.496 e. The lowest BCUT2D eigenvalue weighted by Gasteiger charge is -2.27. The molecule has 0 bridgehead atoms. The predicted octanol–water partition coefficient (Wildman–Crippen LogP) is 6.87. The molecule has 0 aliphatic heterocycles. The minimum Gasteiger partial charge on any atom is -0.496 e. The second kappa shape index (κ2) is 11.5. The Labute approximate surface area is 195 Å². The van der Waals surface area contributed by atoms with Gasteiger partial charge in [-0.1, -0.05) is 41.9 Å². The highest BCUT2D eigenvalue weighted by Gasteiger charge is 2.20. The van der Waals surface area contributed by atoms with Gasteiger partial charge in [0.2, 0.25) is 0 Å². The van der Waals surface area contributed by atoms with Gasteiger partial charge in [-0.2, -0.15) is 0 Å². The first-order chi connectivity index (χ1) is 15.1. The molecule has 0 fully saturated rings. The van der Waals surface area contributed by atoms with Crippen LogP contribution in [0.5, 0.6) is 5.75 Å². The fourth-order valence-corrected chi connectivity index (χ4v) is 5.03. The van der Waals surface area contributed by atoms with Crippen LogP contribution in [0.2, 0.25) is 5.02 Å². The van der Waals surface area contributed by atoms with Crippen molar-refractivity contribution in [3.63, 3.8) is 0 Å². The van der Waals surface area contributed by atoms with Crippen molar-refractivity contribution in [2.24, 2.45) is 0 Å². The van der Waals surface area contributed by atoms with E-state index in [1.807, 2.05) is 26.2 Å². The molecule has 0 amide bonds. The van der Waals surface area contributed by atoms with E-state index in [-0.39, 0.29) is 0 Å². The molecule has 0 radical (unpaired) electrons. The summed E-state index contributed by atoms with van der Waals surface area (Å²) in [5, 5.41) is 3.51. The molecule has 0 unspecified atom stereocenters. The summed E-state index contributed by atoms with van der Waals surface area (Å²) in [6.07, 6.45) is 4.70. The highest BCUT2D eigenvalue weighted by molar-refractivity contribution is 8.00. The second-order valence-electron chi connectivity index (χ2n) is 7.54. The van der Waals surface area contributed by atoms with E-state index in [9.17, 15) is 0 Å². The van der Waals surface area contributed by atoms with Gasteiger partial charge in [0.25, 0.3) is 0 Å². The smallest absolute Gasteiger partial charge is 0.122 e. The third-order valence-electron chi connectivity index (χ3n) is 5.30. The summed E-state index contributed by atoms with van der Waals surface area (Å²) in [4.78, 5) is 1.23. The van der Waals surface area contributed by atoms with Gasteiger partial charge in [-0.25, -0.2) is 0 Å². The Morgan fingerprint density at radius 3 is 2.23 bits per heavy atom. The third kappa shape index (κ3) is 5.76. The van der Waals surface area contributed by atoms with Crippen molar-refractivity contribution in [1.82, 2.24) is 5.32 Å². The summed E-state index contributed by atoms with van der Waals surface area (Å²) >= 11 is 7.84. The Hall–Kier alpha value is -2.14. The quantitative estimate of drug-likeness (QED) is 0.425.